The summed E-state index contributed by atoms with van der Waals surface area (Å²) < 4.78 is 1.53. The van der Waals surface area contributed by atoms with E-state index in [0.717, 1.165) is 18.5 Å². The van der Waals surface area contributed by atoms with Crippen LogP contribution in [0.5, 0.6) is 0 Å². The molecule has 1 N–H and O–H groups in total. The van der Waals surface area contributed by atoms with Gasteiger partial charge in [-0.25, -0.2) is 4.79 Å². The first-order valence-corrected chi connectivity index (χ1v) is 6.11. The number of nitrogens with zero attached hydrogens (tertiary/aromatic N) is 3. The lowest BCUT2D eigenvalue weighted by Crippen LogP contribution is -2.41. The van der Waals surface area contributed by atoms with Crippen LogP contribution in [-0.4, -0.2) is 44.3 Å². The Balaban J connectivity index is 2.25. The zero-order chi connectivity index (χ0) is 13.3. The molecule has 1 fully saturated rings. The molecule has 1 atom stereocenters. The highest BCUT2D eigenvalue weighted by atomic mass is 16.4. The van der Waals surface area contributed by atoms with Crippen molar-refractivity contribution in [3.8, 4) is 0 Å². The second kappa shape index (κ2) is 4.80. The van der Waals surface area contributed by atoms with Gasteiger partial charge in [-0.1, -0.05) is 6.92 Å². The molecule has 0 unspecified atom stereocenters. The van der Waals surface area contributed by atoms with E-state index in [-0.39, 0.29) is 5.91 Å². The molecule has 0 aliphatic carbocycles. The van der Waals surface area contributed by atoms with Crippen molar-refractivity contribution in [3.05, 3.63) is 17.5 Å². The predicted molar refractivity (Wildman–Crippen MR) is 64.3 cm³/mol. The average Bonchev–Trinajstić information content (AvgIpc) is 2.94. The molecule has 1 saturated heterocycles. The summed E-state index contributed by atoms with van der Waals surface area (Å²) in [6, 6.07) is 1.04. The monoisotopic (exact) mass is 251 g/mol. The van der Waals surface area contributed by atoms with Crippen LogP contribution in [0.4, 0.5) is 0 Å². The maximum atomic E-state index is 12.3. The lowest BCUT2D eigenvalue weighted by atomic mass is 10.2. The van der Waals surface area contributed by atoms with Crippen molar-refractivity contribution >= 4 is 11.9 Å². The summed E-state index contributed by atoms with van der Waals surface area (Å²) in [7, 11) is 1.71. The number of carbonyl (C=O) groups excluding carboxylic acids is 1. The molecule has 0 spiro atoms. The van der Waals surface area contributed by atoms with Gasteiger partial charge in [0.2, 0.25) is 0 Å². The van der Waals surface area contributed by atoms with Gasteiger partial charge in [-0.3, -0.25) is 9.48 Å². The number of rotatable bonds is 3. The fourth-order valence-corrected chi connectivity index (χ4v) is 2.31. The number of carbonyl (C=O) groups is 2. The molecule has 2 heterocycles. The van der Waals surface area contributed by atoms with Gasteiger partial charge in [0.05, 0.1) is 5.69 Å². The zero-order valence-electron chi connectivity index (χ0n) is 10.6. The van der Waals surface area contributed by atoms with Gasteiger partial charge < -0.3 is 10.0 Å². The minimum absolute atomic E-state index is 0.241. The molecule has 18 heavy (non-hydrogen) atoms. The standard InChI is InChI=1S/C12H17N3O3/c1-3-8-7-10(14(2)13-8)11(16)15-6-4-5-9(15)12(17)18/h7,9H,3-6H2,1-2H3,(H,17,18)/t9-/m0/s1. The Bertz CT molecular complexity index is 481. The molecule has 0 aromatic carbocycles. The molecule has 1 aliphatic heterocycles. The molecule has 6 nitrogen and oxygen atoms in total. The van der Waals surface area contributed by atoms with E-state index in [4.69, 9.17) is 5.11 Å². The van der Waals surface area contributed by atoms with Gasteiger partial charge in [0.25, 0.3) is 5.91 Å². The lowest BCUT2D eigenvalue weighted by Gasteiger charge is -2.21. The number of likely N-dealkylation sites (tertiary alicyclic amines) is 1. The Morgan fingerprint density at radius 1 is 1.56 bits per heavy atom. The zero-order valence-corrected chi connectivity index (χ0v) is 10.6. The Hall–Kier alpha value is -1.85. The van der Waals surface area contributed by atoms with Crippen LogP contribution < -0.4 is 0 Å². The first kappa shape index (κ1) is 12.6. The van der Waals surface area contributed by atoms with Crippen LogP contribution in [0.1, 0.15) is 35.9 Å². The van der Waals surface area contributed by atoms with Crippen molar-refractivity contribution in [1.29, 1.82) is 0 Å². The minimum atomic E-state index is -0.932. The molecule has 6 heteroatoms. The summed E-state index contributed by atoms with van der Waals surface area (Å²) >= 11 is 0. The van der Waals surface area contributed by atoms with E-state index in [0.29, 0.717) is 18.7 Å². The summed E-state index contributed by atoms with van der Waals surface area (Å²) in [5.41, 5.74) is 1.30. The summed E-state index contributed by atoms with van der Waals surface area (Å²) in [6.07, 6.45) is 2.02. The van der Waals surface area contributed by atoms with E-state index >= 15 is 0 Å². The van der Waals surface area contributed by atoms with Crippen LogP contribution in [0.15, 0.2) is 6.07 Å². The molecule has 0 saturated carbocycles. The van der Waals surface area contributed by atoms with Crippen molar-refractivity contribution in [1.82, 2.24) is 14.7 Å². The molecule has 1 aromatic rings. The third-order valence-electron chi connectivity index (χ3n) is 3.31. The number of carboxylic acids is 1. The minimum Gasteiger partial charge on any atom is -0.480 e. The fourth-order valence-electron chi connectivity index (χ4n) is 2.31. The van der Waals surface area contributed by atoms with Crippen LogP contribution in [0.3, 0.4) is 0 Å². The summed E-state index contributed by atoms with van der Waals surface area (Å²) in [4.78, 5) is 24.8. The van der Waals surface area contributed by atoms with E-state index < -0.39 is 12.0 Å². The molecular formula is C12H17N3O3. The van der Waals surface area contributed by atoms with Crippen LogP contribution in [0, 0.1) is 0 Å². The van der Waals surface area contributed by atoms with Crippen molar-refractivity contribution in [2.75, 3.05) is 6.54 Å². The van der Waals surface area contributed by atoms with Gasteiger partial charge in [-0.05, 0) is 25.3 Å². The Kier molecular flexibility index (Phi) is 3.36. The number of hydrogen-bond acceptors (Lipinski definition) is 3. The summed E-state index contributed by atoms with van der Waals surface area (Å²) in [5, 5.41) is 13.3. The number of aryl methyl sites for hydroxylation is 2. The van der Waals surface area contributed by atoms with Gasteiger partial charge in [0, 0.05) is 13.6 Å². The second-order valence-electron chi connectivity index (χ2n) is 4.49. The van der Waals surface area contributed by atoms with Crippen molar-refractivity contribution in [2.24, 2.45) is 7.05 Å². The Morgan fingerprint density at radius 3 is 2.83 bits per heavy atom. The number of hydrogen-bond donors (Lipinski definition) is 1. The predicted octanol–water partition coefficient (Wildman–Crippen LogP) is 0.672. The molecule has 0 radical (unpaired) electrons. The first-order chi connectivity index (χ1) is 8.54. The molecule has 1 aromatic heterocycles. The molecule has 1 aliphatic rings. The van der Waals surface area contributed by atoms with E-state index in [2.05, 4.69) is 5.10 Å². The smallest absolute Gasteiger partial charge is 0.326 e. The third-order valence-corrected chi connectivity index (χ3v) is 3.31. The third kappa shape index (κ3) is 2.10. The van der Waals surface area contributed by atoms with Crippen LogP contribution >= 0.6 is 0 Å². The fraction of sp³-hybridized carbons (Fsp3) is 0.583. The Morgan fingerprint density at radius 2 is 2.28 bits per heavy atom. The molecule has 0 bridgehead atoms. The average molecular weight is 251 g/mol. The van der Waals surface area contributed by atoms with Gasteiger partial charge in [0.1, 0.15) is 11.7 Å². The second-order valence-corrected chi connectivity index (χ2v) is 4.49. The van der Waals surface area contributed by atoms with Crippen molar-refractivity contribution in [2.45, 2.75) is 32.2 Å². The van der Waals surface area contributed by atoms with Crippen molar-refractivity contribution < 1.29 is 14.7 Å². The maximum absolute atomic E-state index is 12.3. The van der Waals surface area contributed by atoms with Gasteiger partial charge in [-0.15, -0.1) is 0 Å². The lowest BCUT2D eigenvalue weighted by molar-refractivity contribution is -0.141. The summed E-state index contributed by atoms with van der Waals surface area (Å²) in [6.45, 7) is 2.47. The van der Waals surface area contributed by atoms with Crippen molar-refractivity contribution in [3.63, 3.8) is 0 Å². The highest BCUT2D eigenvalue weighted by molar-refractivity contribution is 5.95. The number of aromatic nitrogens is 2. The SMILES string of the molecule is CCc1cc(C(=O)N2CCC[C@H]2C(=O)O)n(C)n1. The van der Waals surface area contributed by atoms with Crippen LogP contribution in [0.25, 0.3) is 0 Å². The molecule has 98 valence electrons. The quantitative estimate of drug-likeness (QED) is 0.856. The summed E-state index contributed by atoms with van der Waals surface area (Å²) in [5.74, 6) is -1.17. The number of amides is 1. The molecular weight excluding hydrogens is 234 g/mol. The normalized spacial score (nSPS) is 19.2. The van der Waals surface area contributed by atoms with Crippen LogP contribution in [0.2, 0.25) is 0 Å². The topological polar surface area (TPSA) is 75.4 Å². The van der Waals surface area contributed by atoms with E-state index in [1.54, 1.807) is 13.1 Å². The Labute approximate surface area is 105 Å². The number of carboxylic acid groups (broad SMARTS) is 1. The highest BCUT2D eigenvalue weighted by Gasteiger charge is 2.35. The number of aliphatic carboxylic acids is 1. The van der Waals surface area contributed by atoms with Crippen LogP contribution in [-0.2, 0) is 18.3 Å². The molecule has 2 rings (SSSR count). The van der Waals surface area contributed by atoms with E-state index in [1.165, 1.54) is 9.58 Å². The maximum Gasteiger partial charge on any atom is 0.326 e. The van der Waals surface area contributed by atoms with Gasteiger partial charge in [-0.2, -0.15) is 5.10 Å². The van der Waals surface area contributed by atoms with E-state index in [1.807, 2.05) is 6.92 Å². The van der Waals surface area contributed by atoms with Gasteiger partial charge in [0.15, 0.2) is 0 Å². The molecule has 1 amide bonds. The highest BCUT2D eigenvalue weighted by Crippen LogP contribution is 2.20. The van der Waals surface area contributed by atoms with Gasteiger partial charge >= 0.3 is 5.97 Å². The first-order valence-electron chi connectivity index (χ1n) is 6.11. The largest absolute Gasteiger partial charge is 0.480 e. The van der Waals surface area contributed by atoms with E-state index in [9.17, 15) is 9.59 Å².